The van der Waals surface area contributed by atoms with E-state index in [0.29, 0.717) is 30.3 Å². The molecule has 0 radical (unpaired) electrons. The van der Waals surface area contributed by atoms with Gasteiger partial charge in [-0.1, -0.05) is 18.2 Å². The van der Waals surface area contributed by atoms with E-state index < -0.39 is 29.9 Å². The van der Waals surface area contributed by atoms with Gasteiger partial charge in [-0.2, -0.15) is 0 Å². The number of carboxylic acids is 2. The predicted octanol–water partition coefficient (Wildman–Crippen LogP) is 4.32. The topological polar surface area (TPSA) is 146 Å². The first-order chi connectivity index (χ1) is 19.9. The zero-order chi connectivity index (χ0) is 30.7. The Bertz CT molecular complexity index is 1570. The van der Waals surface area contributed by atoms with Crippen LogP contribution in [0.5, 0.6) is 5.75 Å². The first kappa shape index (κ1) is 30.3. The van der Waals surface area contributed by atoms with E-state index in [2.05, 4.69) is 53.8 Å². The third-order valence-corrected chi connectivity index (χ3v) is 7.46. The van der Waals surface area contributed by atoms with Crippen molar-refractivity contribution in [3.63, 3.8) is 0 Å². The number of carbonyl (C=O) groups excluding carboxylic acids is 2. The number of likely N-dealkylation sites (N-methyl/N-ethyl adjacent to an activating group) is 1. The normalized spacial score (nSPS) is 18.5. The molecule has 5 rings (SSSR count). The van der Waals surface area contributed by atoms with Crippen molar-refractivity contribution in [2.45, 2.75) is 45.4 Å². The van der Waals surface area contributed by atoms with Crippen molar-refractivity contribution in [3.05, 3.63) is 83.6 Å². The van der Waals surface area contributed by atoms with Gasteiger partial charge in [0.05, 0.1) is 5.92 Å². The molecule has 3 atom stereocenters. The highest BCUT2D eigenvalue weighted by Crippen LogP contribution is 2.42. The minimum atomic E-state index is -1.26. The van der Waals surface area contributed by atoms with Crippen LogP contribution in [-0.2, 0) is 25.5 Å². The molecule has 1 aliphatic carbocycles. The highest BCUT2D eigenvalue weighted by molar-refractivity contribution is 6.01. The van der Waals surface area contributed by atoms with Crippen LogP contribution in [0.25, 0.3) is 16.5 Å². The number of esters is 1. The van der Waals surface area contributed by atoms with Crippen LogP contribution in [-0.4, -0.2) is 74.2 Å². The molecule has 1 aromatic heterocycles. The van der Waals surface area contributed by atoms with Crippen molar-refractivity contribution in [3.8, 4) is 5.75 Å². The van der Waals surface area contributed by atoms with Gasteiger partial charge in [0.25, 0.3) is 0 Å². The van der Waals surface area contributed by atoms with Gasteiger partial charge in [-0.25, -0.2) is 9.59 Å². The zero-order valence-electron chi connectivity index (χ0n) is 23.9. The SMILES string of the molecule is CC(OC(=O)[C@@H]1C=C2c3cccc4c3c(cn4C(C)C)C[C@H]2N(C)C1)C(=O)c1ccc(O)cc1.O=C(O)/C=C\C(=O)O. The first-order valence-corrected chi connectivity index (χ1v) is 13.6. The molecule has 2 aliphatic rings. The summed E-state index contributed by atoms with van der Waals surface area (Å²) in [4.78, 5) is 47.1. The van der Waals surface area contributed by atoms with Gasteiger partial charge >= 0.3 is 17.9 Å². The number of phenols is 1. The number of carbonyl (C=O) groups is 4. The zero-order valence-corrected chi connectivity index (χ0v) is 23.9. The maximum Gasteiger partial charge on any atom is 0.328 e. The molecule has 10 nitrogen and oxygen atoms in total. The summed E-state index contributed by atoms with van der Waals surface area (Å²) in [6.45, 7) is 6.53. The van der Waals surface area contributed by atoms with Crippen molar-refractivity contribution in [2.75, 3.05) is 13.6 Å². The lowest BCUT2D eigenvalue weighted by Gasteiger charge is -2.39. The summed E-state index contributed by atoms with van der Waals surface area (Å²) < 4.78 is 7.94. The van der Waals surface area contributed by atoms with E-state index >= 15 is 0 Å². The molecule has 1 aliphatic heterocycles. The number of aliphatic carboxylic acids is 2. The van der Waals surface area contributed by atoms with Crippen molar-refractivity contribution in [1.82, 2.24) is 9.47 Å². The molecule has 220 valence electrons. The smallest absolute Gasteiger partial charge is 0.328 e. The summed E-state index contributed by atoms with van der Waals surface area (Å²) in [6.07, 6.45) is 5.45. The van der Waals surface area contributed by atoms with Gasteiger partial charge < -0.3 is 24.6 Å². The van der Waals surface area contributed by atoms with E-state index in [1.807, 2.05) is 7.05 Å². The van der Waals surface area contributed by atoms with Gasteiger partial charge in [0.1, 0.15) is 5.75 Å². The summed E-state index contributed by atoms with van der Waals surface area (Å²) >= 11 is 0. The molecule has 0 saturated heterocycles. The van der Waals surface area contributed by atoms with Crippen LogP contribution < -0.4 is 0 Å². The molecule has 42 heavy (non-hydrogen) atoms. The number of ether oxygens (including phenoxy) is 1. The lowest BCUT2D eigenvalue weighted by Crippen LogP contribution is -2.45. The van der Waals surface area contributed by atoms with Gasteiger partial charge in [0.2, 0.25) is 5.78 Å². The molecule has 3 N–H and O–H groups in total. The molecule has 0 amide bonds. The van der Waals surface area contributed by atoms with E-state index in [1.54, 1.807) is 6.92 Å². The van der Waals surface area contributed by atoms with Crippen LogP contribution in [0.4, 0.5) is 0 Å². The van der Waals surface area contributed by atoms with Crippen LogP contribution in [0.2, 0.25) is 0 Å². The molecule has 0 saturated carbocycles. The largest absolute Gasteiger partial charge is 0.508 e. The van der Waals surface area contributed by atoms with Crippen molar-refractivity contribution >= 4 is 40.2 Å². The van der Waals surface area contributed by atoms with E-state index in [4.69, 9.17) is 14.9 Å². The number of Topliss-reactive ketones (excluding diaryl/α,β-unsaturated/α-hetero) is 1. The molecular weight excluding hydrogens is 540 g/mol. The van der Waals surface area contributed by atoms with E-state index in [9.17, 15) is 24.3 Å². The number of rotatable bonds is 7. The fourth-order valence-electron chi connectivity index (χ4n) is 5.48. The average molecular weight is 575 g/mol. The van der Waals surface area contributed by atoms with E-state index in [1.165, 1.54) is 46.3 Å². The summed E-state index contributed by atoms with van der Waals surface area (Å²) in [6, 6.07) is 12.9. The predicted molar refractivity (Wildman–Crippen MR) is 156 cm³/mol. The summed E-state index contributed by atoms with van der Waals surface area (Å²) in [5.74, 6) is -3.56. The number of hydrogen-bond acceptors (Lipinski definition) is 7. The molecule has 3 aromatic rings. The van der Waals surface area contributed by atoms with Gasteiger partial charge in [-0.05, 0) is 81.3 Å². The number of ketones is 1. The van der Waals surface area contributed by atoms with Gasteiger partial charge in [0.15, 0.2) is 6.10 Å². The number of hydrogen-bond donors (Lipinski definition) is 3. The number of benzene rings is 2. The number of phenolic OH excluding ortho intramolecular Hbond substituents is 1. The standard InChI is InChI=1S/C28H30N2O4.C4H4O4/c1-16(2)30-15-19-13-25-23(22-6-5-7-24(30)26(19)22)12-20(14-29(25)4)28(33)34-17(3)27(32)18-8-10-21(31)11-9-18;5-3(6)1-2-4(7)8/h5-12,15-17,20,25,31H,13-14H2,1-4H3;1-2H,(H,5,6)(H,7,8)/b;2-1-/t17?,20-,25-;/m1./s1. The minimum absolute atomic E-state index is 0.0852. The molecule has 0 bridgehead atoms. The van der Waals surface area contributed by atoms with Crippen molar-refractivity contribution in [2.24, 2.45) is 5.92 Å². The maximum atomic E-state index is 13.1. The number of carboxylic acid groups (broad SMARTS) is 2. The average Bonchev–Trinajstić information content (AvgIpc) is 3.32. The first-order valence-electron chi connectivity index (χ1n) is 13.6. The molecular formula is C32H34N2O8. The van der Waals surface area contributed by atoms with E-state index in [-0.39, 0.29) is 17.6 Å². The van der Waals surface area contributed by atoms with Gasteiger partial charge in [-0.15, -0.1) is 0 Å². The Hall–Kier alpha value is -4.70. The molecule has 0 fully saturated rings. The third kappa shape index (κ3) is 6.44. The second-order valence-electron chi connectivity index (χ2n) is 10.7. The molecule has 1 unspecified atom stereocenters. The Morgan fingerprint density at radius 2 is 1.62 bits per heavy atom. The Balaban J connectivity index is 0.000000446. The lowest BCUT2D eigenvalue weighted by atomic mass is 9.80. The quantitative estimate of drug-likeness (QED) is 0.213. The van der Waals surface area contributed by atoms with Crippen LogP contribution in [0, 0.1) is 5.92 Å². The lowest BCUT2D eigenvalue weighted by molar-refractivity contribution is -0.150. The van der Waals surface area contributed by atoms with Crippen molar-refractivity contribution < 1.29 is 39.2 Å². The van der Waals surface area contributed by atoms with Crippen LogP contribution >= 0.6 is 0 Å². The second-order valence-corrected chi connectivity index (χ2v) is 10.7. The van der Waals surface area contributed by atoms with Crippen LogP contribution in [0.3, 0.4) is 0 Å². The molecule has 2 heterocycles. The molecule has 0 spiro atoms. The summed E-state index contributed by atoms with van der Waals surface area (Å²) in [5, 5.41) is 26.3. The Morgan fingerprint density at radius 1 is 0.976 bits per heavy atom. The summed E-state index contributed by atoms with van der Waals surface area (Å²) in [5.41, 5.74) is 5.32. The van der Waals surface area contributed by atoms with E-state index in [0.717, 1.165) is 12.0 Å². The fraction of sp³-hybridized carbons (Fsp3) is 0.312. The molecule has 10 heteroatoms. The van der Waals surface area contributed by atoms with Crippen LogP contribution in [0.1, 0.15) is 48.3 Å². The number of fused-ring (bicyclic) bond motifs is 2. The Labute approximate surface area is 243 Å². The number of aromatic hydroxyl groups is 1. The molecule has 2 aromatic carbocycles. The Morgan fingerprint density at radius 3 is 2.21 bits per heavy atom. The Kier molecular flexibility index (Phi) is 8.96. The highest BCUT2D eigenvalue weighted by atomic mass is 16.5. The fourth-order valence-corrected chi connectivity index (χ4v) is 5.48. The third-order valence-electron chi connectivity index (χ3n) is 7.46. The summed E-state index contributed by atoms with van der Waals surface area (Å²) in [7, 11) is 2.05. The maximum absolute atomic E-state index is 13.1. The number of nitrogens with zero attached hydrogens (tertiary/aromatic N) is 2. The minimum Gasteiger partial charge on any atom is -0.508 e. The van der Waals surface area contributed by atoms with Crippen LogP contribution in [0.15, 0.2) is 66.9 Å². The van der Waals surface area contributed by atoms with Gasteiger partial charge in [-0.3, -0.25) is 14.5 Å². The highest BCUT2D eigenvalue weighted by Gasteiger charge is 2.37. The number of aromatic nitrogens is 1. The van der Waals surface area contributed by atoms with Gasteiger partial charge in [0, 0.05) is 53.4 Å². The monoisotopic (exact) mass is 574 g/mol. The second kappa shape index (κ2) is 12.4. The van der Waals surface area contributed by atoms with Crippen molar-refractivity contribution in [1.29, 1.82) is 0 Å².